The van der Waals surface area contributed by atoms with E-state index >= 15 is 0 Å². The molecule has 8 heteroatoms. The van der Waals surface area contributed by atoms with E-state index in [-0.39, 0.29) is 18.7 Å². The number of hydrogen-bond donors (Lipinski definition) is 1. The Hall–Kier alpha value is -3.81. The number of hydrogen-bond acceptors (Lipinski definition) is 7. The minimum atomic E-state index is -0.593. The molecule has 0 bridgehead atoms. The number of ether oxygens (including phenoxy) is 1. The number of aromatic nitrogens is 4. The summed E-state index contributed by atoms with van der Waals surface area (Å²) in [5, 5.41) is 1.18. The molecule has 0 aliphatic carbocycles. The van der Waals surface area contributed by atoms with E-state index in [2.05, 4.69) is 15.0 Å². The maximum Gasteiger partial charge on any atom is 0.326 e. The number of nitrogens with two attached hydrogens (primary N) is 1. The normalized spacial score (nSPS) is 11.0. The summed E-state index contributed by atoms with van der Waals surface area (Å²) in [7, 11) is 0. The molecule has 0 unspecified atom stereocenters. The maximum atomic E-state index is 12.4. The minimum absolute atomic E-state index is 0.135. The Labute approximate surface area is 153 Å². The number of nitrogens with zero attached hydrogens (tertiary/aromatic N) is 4. The number of carbonyl (C=O) groups excluding carboxylic acids is 1. The van der Waals surface area contributed by atoms with Gasteiger partial charge in [0.05, 0.1) is 22.7 Å². The van der Waals surface area contributed by atoms with Crippen molar-refractivity contribution in [3.05, 3.63) is 71.0 Å². The fraction of sp³-hybridized carbons (Fsp3) is 0.105. The first kappa shape index (κ1) is 16.6. The van der Waals surface area contributed by atoms with Crippen molar-refractivity contribution in [3.63, 3.8) is 0 Å². The number of para-hydroxylation sites is 2. The van der Waals surface area contributed by atoms with Gasteiger partial charge in [0.25, 0.3) is 5.56 Å². The second-order valence-corrected chi connectivity index (χ2v) is 5.90. The van der Waals surface area contributed by atoms with Crippen LogP contribution >= 0.6 is 0 Å². The van der Waals surface area contributed by atoms with Gasteiger partial charge in [-0.05, 0) is 24.3 Å². The Morgan fingerprint density at radius 2 is 1.70 bits per heavy atom. The molecule has 2 aromatic carbocycles. The van der Waals surface area contributed by atoms with Crippen molar-refractivity contribution in [3.8, 4) is 0 Å². The molecule has 4 rings (SSSR count). The Morgan fingerprint density at radius 1 is 1.00 bits per heavy atom. The van der Waals surface area contributed by atoms with Crippen LogP contribution in [0.3, 0.4) is 0 Å². The monoisotopic (exact) mass is 361 g/mol. The molecule has 0 radical (unpaired) electrons. The average Bonchev–Trinajstić information content (AvgIpc) is 2.69. The van der Waals surface area contributed by atoms with Crippen molar-refractivity contribution in [2.24, 2.45) is 0 Å². The van der Waals surface area contributed by atoms with Gasteiger partial charge in [-0.1, -0.05) is 24.3 Å². The van der Waals surface area contributed by atoms with Crippen LogP contribution < -0.4 is 11.3 Å². The van der Waals surface area contributed by atoms with Gasteiger partial charge in [-0.15, -0.1) is 0 Å². The van der Waals surface area contributed by atoms with Gasteiger partial charge >= 0.3 is 5.97 Å². The number of benzene rings is 2. The molecule has 0 atom stereocenters. The maximum absolute atomic E-state index is 12.4. The molecular formula is C19H15N5O3. The quantitative estimate of drug-likeness (QED) is 0.550. The van der Waals surface area contributed by atoms with Crippen LogP contribution in [0.25, 0.3) is 21.8 Å². The number of fused-ring (bicyclic) bond motifs is 2. The molecule has 0 fully saturated rings. The highest BCUT2D eigenvalue weighted by Crippen LogP contribution is 2.17. The van der Waals surface area contributed by atoms with Crippen LogP contribution in [0.15, 0.2) is 59.7 Å². The molecule has 2 heterocycles. The van der Waals surface area contributed by atoms with Crippen molar-refractivity contribution in [1.82, 2.24) is 19.5 Å². The van der Waals surface area contributed by atoms with Crippen LogP contribution in [0.4, 0.5) is 5.82 Å². The third-order valence-corrected chi connectivity index (χ3v) is 4.07. The molecule has 0 saturated carbocycles. The second kappa shape index (κ2) is 6.83. The van der Waals surface area contributed by atoms with Gasteiger partial charge in [0.2, 0.25) is 0 Å². The molecule has 0 aliphatic rings. The van der Waals surface area contributed by atoms with Gasteiger partial charge in [-0.2, -0.15) is 0 Å². The molecular weight excluding hydrogens is 346 g/mol. The summed E-state index contributed by atoms with van der Waals surface area (Å²) in [4.78, 5) is 37.2. The van der Waals surface area contributed by atoms with Gasteiger partial charge in [-0.25, -0.2) is 15.0 Å². The number of carbonyl (C=O) groups is 1. The molecule has 27 heavy (non-hydrogen) atoms. The number of nitrogen functional groups attached to an aromatic ring is 1. The van der Waals surface area contributed by atoms with Crippen LogP contribution in [0.2, 0.25) is 0 Å². The van der Waals surface area contributed by atoms with Gasteiger partial charge < -0.3 is 10.5 Å². The predicted octanol–water partition coefficient (Wildman–Crippen LogP) is 1.67. The third kappa shape index (κ3) is 3.32. The Bertz CT molecular complexity index is 1220. The minimum Gasteiger partial charge on any atom is -0.456 e. The first-order chi connectivity index (χ1) is 13.1. The van der Waals surface area contributed by atoms with Crippen molar-refractivity contribution in [2.75, 3.05) is 5.73 Å². The summed E-state index contributed by atoms with van der Waals surface area (Å²) in [6.45, 7) is -0.386. The van der Waals surface area contributed by atoms with Crippen LogP contribution in [-0.4, -0.2) is 25.5 Å². The fourth-order valence-corrected chi connectivity index (χ4v) is 2.76. The molecule has 0 amide bonds. The van der Waals surface area contributed by atoms with E-state index in [1.54, 1.807) is 30.3 Å². The van der Waals surface area contributed by atoms with Crippen molar-refractivity contribution >= 4 is 33.6 Å². The standard InChI is InChI=1S/C19H15N5O3/c20-18-12-5-1-4-8-15(12)22-16(23-18)10-27-17(25)9-24-11-21-14-7-3-2-6-13(14)19(24)26/h1-8,11H,9-10H2,(H2,20,22,23). The second-order valence-electron chi connectivity index (χ2n) is 5.90. The summed E-state index contributed by atoms with van der Waals surface area (Å²) in [6.07, 6.45) is 1.33. The van der Waals surface area contributed by atoms with Crippen molar-refractivity contribution in [2.45, 2.75) is 13.2 Å². The van der Waals surface area contributed by atoms with E-state index in [0.29, 0.717) is 28.1 Å². The Kier molecular flexibility index (Phi) is 4.21. The largest absolute Gasteiger partial charge is 0.456 e. The number of esters is 1. The lowest BCUT2D eigenvalue weighted by Crippen LogP contribution is -2.25. The lowest BCUT2D eigenvalue weighted by Gasteiger charge is -2.08. The highest BCUT2D eigenvalue weighted by Gasteiger charge is 2.11. The van der Waals surface area contributed by atoms with Crippen LogP contribution in [0, 0.1) is 0 Å². The highest BCUT2D eigenvalue weighted by atomic mass is 16.5. The van der Waals surface area contributed by atoms with Crippen LogP contribution in [0.5, 0.6) is 0 Å². The molecule has 2 aromatic heterocycles. The predicted molar refractivity (Wildman–Crippen MR) is 99.7 cm³/mol. The van der Waals surface area contributed by atoms with Crippen LogP contribution in [-0.2, 0) is 22.7 Å². The van der Waals surface area contributed by atoms with E-state index in [1.807, 2.05) is 18.2 Å². The molecule has 0 saturated heterocycles. The smallest absolute Gasteiger partial charge is 0.326 e. The zero-order valence-corrected chi connectivity index (χ0v) is 14.2. The molecule has 134 valence electrons. The van der Waals surface area contributed by atoms with Crippen LogP contribution in [0.1, 0.15) is 5.82 Å². The first-order valence-electron chi connectivity index (χ1n) is 8.23. The van der Waals surface area contributed by atoms with E-state index in [0.717, 1.165) is 5.39 Å². The molecule has 8 nitrogen and oxygen atoms in total. The zero-order valence-electron chi connectivity index (χ0n) is 14.2. The molecule has 2 N–H and O–H groups in total. The fourth-order valence-electron chi connectivity index (χ4n) is 2.76. The Balaban J connectivity index is 1.49. The topological polar surface area (TPSA) is 113 Å². The average molecular weight is 361 g/mol. The van der Waals surface area contributed by atoms with Gasteiger partial charge in [-0.3, -0.25) is 14.2 Å². The summed E-state index contributed by atoms with van der Waals surface area (Å²) in [5.41, 5.74) is 6.86. The van der Waals surface area contributed by atoms with E-state index in [4.69, 9.17) is 10.5 Å². The van der Waals surface area contributed by atoms with Gasteiger partial charge in [0.1, 0.15) is 12.4 Å². The first-order valence-corrected chi connectivity index (χ1v) is 8.23. The summed E-state index contributed by atoms with van der Waals surface area (Å²) in [5.74, 6) is 0.0228. The molecule has 4 aromatic rings. The summed E-state index contributed by atoms with van der Waals surface area (Å²) in [6, 6.07) is 14.2. The van der Waals surface area contributed by atoms with Crippen molar-refractivity contribution < 1.29 is 9.53 Å². The summed E-state index contributed by atoms with van der Waals surface area (Å²) >= 11 is 0. The van der Waals surface area contributed by atoms with Crippen molar-refractivity contribution in [1.29, 1.82) is 0 Å². The number of anilines is 1. The van der Waals surface area contributed by atoms with Gasteiger partial charge in [0, 0.05) is 5.39 Å². The zero-order chi connectivity index (χ0) is 18.8. The lowest BCUT2D eigenvalue weighted by molar-refractivity contribution is -0.146. The molecule has 0 aliphatic heterocycles. The third-order valence-electron chi connectivity index (χ3n) is 4.07. The van der Waals surface area contributed by atoms with E-state index < -0.39 is 5.97 Å². The molecule has 0 spiro atoms. The van der Waals surface area contributed by atoms with E-state index in [9.17, 15) is 9.59 Å². The lowest BCUT2D eigenvalue weighted by atomic mass is 10.2. The highest BCUT2D eigenvalue weighted by molar-refractivity contribution is 5.87. The number of rotatable bonds is 4. The van der Waals surface area contributed by atoms with Gasteiger partial charge in [0.15, 0.2) is 12.4 Å². The Morgan fingerprint density at radius 3 is 2.52 bits per heavy atom. The SMILES string of the molecule is Nc1nc(COC(=O)Cn2cnc3ccccc3c2=O)nc2ccccc12. The summed E-state index contributed by atoms with van der Waals surface area (Å²) < 4.78 is 6.40. The van der Waals surface area contributed by atoms with E-state index in [1.165, 1.54) is 10.9 Å².